The lowest BCUT2D eigenvalue weighted by molar-refractivity contribution is -0.178. The molecule has 4 N–H and O–H groups in total. The quantitative estimate of drug-likeness (QED) is 0.373. The number of rotatable bonds is 7. The summed E-state index contributed by atoms with van der Waals surface area (Å²) >= 11 is 0. The van der Waals surface area contributed by atoms with E-state index in [0.717, 1.165) is 13.8 Å². The third-order valence-corrected chi connectivity index (χ3v) is 2.06. The van der Waals surface area contributed by atoms with Crippen LogP contribution in [0, 0.1) is 0 Å². The Morgan fingerprint density at radius 3 is 2.00 bits per heavy atom. The van der Waals surface area contributed by atoms with E-state index < -0.39 is 49.6 Å². The molecular formula is C10H18O8. The number of carbonyl (C=O) groups excluding carboxylic acids is 2. The van der Waals surface area contributed by atoms with Crippen molar-refractivity contribution >= 4 is 11.9 Å². The molecule has 106 valence electrons. The predicted molar refractivity (Wildman–Crippen MR) is 57.3 cm³/mol. The van der Waals surface area contributed by atoms with Crippen LogP contribution in [-0.4, -0.2) is 70.0 Å². The average molecular weight is 266 g/mol. The van der Waals surface area contributed by atoms with Crippen LogP contribution < -0.4 is 0 Å². The molecule has 0 aliphatic carbocycles. The van der Waals surface area contributed by atoms with Gasteiger partial charge in [-0.15, -0.1) is 0 Å². The smallest absolute Gasteiger partial charge is 0.303 e. The van der Waals surface area contributed by atoms with Crippen LogP contribution in [0.5, 0.6) is 0 Å². The molecule has 0 aromatic rings. The monoisotopic (exact) mass is 266 g/mol. The SMILES string of the molecule is CC(=O)OC[C@H](O)[C@H](OC(C)=O)[C@@H](O)[C@H](O)CO. The Bertz CT molecular complexity index is 279. The minimum absolute atomic E-state index is 0.511. The molecule has 0 aromatic heterocycles. The Morgan fingerprint density at radius 1 is 1.06 bits per heavy atom. The van der Waals surface area contributed by atoms with Crippen molar-refractivity contribution < 1.29 is 39.5 Å². The van der Waals surface area contributed by atoms with Gasteiger partial charge in [-0.3, -0.25) is 9.59 Å². The molecule has 8 nitrogen and oxygen atoms in total. The summed E-state index contributed by atoms with van der Waals surface area (Å²) in [6.45, 7) is 0.873. The fourth-order valence-corrected chi connectivity index (χ4v) is 1.19. The molecule has 0 radical (unpaired) electrons. The first-order valence-corrected chi connectivity index (χ1v) is 5.25. The average Bonchev–Trinajstić information content (AvgIpc) is 2.30. The number of ether oxygens (including phenoxy) is 2. The van der Waals surface area contributed by atoms with Crippen molar-refractivity contribution in [2.45, 2.75) is 38.3 Å². The number of hydrogen-bond donors (Lipinski definition) is 4. The van der Waals surface area contributed by atoms with Gasteiger partial charge in [0.15, 0.2) is 6.10 Å². The van der Waals surface area contributed by atoms with Crippen molar-refractivity contribution in [3.05, 3.63) is 0 Å². The molecule has 0 aromatic carbocycles. The summed E-state index contributed by atoms with van der Waals surface area (Å²) in [5, 5.41) is 37.1. The highest BCUT2D eigenvalue weighted by Gasteiger charge is 2.35. The third kappa shape index (κ3) is 5.92. The van der Waals surface area contributed by atoms with Crippen LogP contribution in [-0.2, 0) is 19.1 Å². The zero-order chi connectivity index (χ0) is 14.3. The van der Waals surface area contributed by atoms with E-state index >= 15 is 0 Å². The van der Waals surface area contributed by atoms with Crippen LogP contribution in [0.2, 0.25) is 0 Å². The maximum absolute atomic E-state index is 10.8. The Labute approximate surface area is 104 Å². The highest BCUT2D eigenvalue weighted by Crippen LogP contribution is 2.11. The number of hydrogen-bond acceptors (Lipinski definition) is 8. The molecule has 0 fully saturated rings. The molecule has 0 aliphatic heterocycles. The Hall–Kier alpha value is -1.22. The summed E-state index contributed by atoms with van der Waals surface area (Å²) in [5.41, 5.74) is 0. The zero-order valence-electron chi connectivity index (χ0n) is 10.1. The molecule has 0 unspecified atom stereocenters. The first kappa shape index (κ1) is 16.8. The summed E-state index contributed by atoms with van der Waals surface area (Å²) in [6, 6.07) is 0. The summed E-state index contributed by atoms with van der Waals surface area (Å²) in [7, 11) is 0. The summed E-state index contributed by atoms with van der Waals surface area (Å²) < 4.78 is 9.12. The molecule has 0 amide bonds. The van der Waals surface area contributed by atoms with Gasteiger partial charge in [0.05, 0.1) is 6.61 Å². The van der Waals surface area contributed by atoms with Crippen molar-refractivity contribution in [3.63, 3.8) is 0 Å². The molecule has 8 heteroatoms. The maximum atomic E-state index is 10.8. The zero-order valence-corrected chi connectivity index (χ0v) is 10.1. The van der Waals surface area contributed by atoms with Crippen LogP contribution in [0.15, 0.2) is 0 Å². The van der Waals surface area contributed by atoms with Crippen LogP contribution in [0.1, 0.15) is 13.8 Å². The molecule has 0 saturated heterocycles. The van der Waals surface area contributed by atoms with Gasteiger partial charge in [-0.05, 0) is 0 Å². The second kappa shape index (κ2) is 7.98. The fraction of sp³-hybridized carbons (Fsp3) is 0.800. The van der Waals surface area contributed by atoms with Gasteiger partial charge in [0.1, 0.15) is 24.9 Å². The van der Waals surface area contributed by atoms with E-state index in [-0.39, 0.29) is 0 Å². The number of aliphatic hydroxyl groups excluding tert-OH is 4. The number of carbonyl (C=O) groups is 2. The lowest BCUT2D eigenvalue weighted by atomic mass is 10.0. The fourth-order valence-electron chi connectivity index (χ4n) is 1.19. The van der Waals surface area contributed by atoms with Gasteiger partial charge in [-0.25, -0.2) is 0 Å². The van der Waals surface area contributed by atoms with Gasteiger partial charge in [0.2, 0.25) is 0 Å². The minimum Gasteiger partial charge on any atom is -0.463 e. The Kier molecular flexibility index (Phi) is 7.44. The first-order chi connectivity index (χ1) is 8.29. The van der Waals surface area contributed by atoms with Gasteiger partial charge >= 0.3 is 11.9 Å². The van der Waals surface area contributed by atoms with E-state index in [1.807, 2.05) is 0 Å². The molecule has 4 atom stereocenters. The second-order valence-corrected chi connectivity index (χ2v) is 3.68. The van der Waals surface area contributed by atoms with Gasteiger partial charge in [0, 0.05) is 13.8 Å². The molecule has 0 aliphatic rings. The molecule has 0 rings (SSSR count). The van der Waals surface area contributed by atoms with Gasteiger partial charge in [-0.2, -0.15) is 0 Å². The van der Waals surface area contributed by atoms with Crippen LogP contribution in [0.4, 0.5) is 0 Å². The van der Waals surface area contributed by atoms with Crippen LogP contribution in [0.3, 0.4) is 0 Å². The first-order valence-electron chi connectivity index (χ1n) is 5.25. The lowest BCUT2D eigenvalue weighted by Gasteiger charge is -2.28. The maximum Gasteiger partial charge on any atom is 0.303 e. The normalized spacial score (nSPS) is 17.4. The van der Waals surface area contributed by atoms with Gasteiger partial charge < -0.3 is 29.9 Å². The van der Waals surface area contributed by atoms with E-state index in [1.165, 1.54) is 0 Å². The van der Waals surface area contributed by atoms with Crippen molar-refractivity contribution in [1.29, 1.82) is 0 Å². The van der Waals surface area contributed by atoms with Gasteiger partial charge in [0.25, 0.3) is 0 Å². The topological polar surface area (TPSA) is 134 Å². The van der Waals surface area contributed by atoms with Crippen molar-refractivity contribution in [1.82, 2.24) is 0 Å². The lowest BCUT2D eigenvalue weighted by Crippen LogP contribution is -2.49. The van der Waals surface area contributed by atoms with E-state index in [0.29, 0.717) is 0 Å². The second-order valence-electron chi connectivity index (χ2n) is 3.68. The molecule has 18 heavy (non-hydrogen) atoms. The Balaban J connectivity index is 4.64. The third-order valence-electron chi connectivity index (χ3n) is 2.06. The van der Waals surface area contributed by atoms with Crippen LogP contribution >= 0.6 is 0 Å². The summed E-state index contributed by atoms with van der Waals surface area (Å²) in [4.78, 5) is 21.4. The highest BCUT2D eigenvalue weighted by molar-refractivity contribution is 5.66. The number of esters is 2. The number of aliphatic hydroxyl groups is 4. The molecule has 0 bridgehead atoms. The summed E-state index contributed by atoms with van der Waals surface area (Å²) in [6.07, 6.45) is -6.33. The van der Waals surface area contributed by atoms with E-state index in [9.17, 15) is 24.9 Å². The largest absolute Gasteiger partial charge is 0.463 e. The molecular weight excluding hydrogens is 248 g/mol. The van der Waals surface area contributed by atoms with E-state index in [4.69, 9.17) is 5.11 Å². The van der Waals surface area contributed by atoms with Gasteiger partial charge in [-0.1, -0.05) is 0 Å². The van der Waals surface area contributed by atoms with E-state index in [2.05, 4.69) is 9.47 Å². The van der Waals surface area contributed by atoms with Crippen molar-refractivity contribution in [2.75, 3.05) is 13.2 Å². The van der Waals surface area contributed by atoms with Crippen molar-refractivity contribution in [2.24, 2.45) is 0 Å². The highest BCUT2D eigenvalue weighted by atomic mass is 16.6. The van der Waals surface area contributed by atoms with Crippen LogP contribution in [0.25, 0.3) is 0 Å². The minimum atomic E-state index is -1.70. The van der Waals surface area contributed by atoms with E-state index in [1.54, 1.807) is 0 Å². The standard InChI is InChI=1S/C10H18O8/c1-5(12)17-4-8(15)10(18-6(2)13)9(16)7(14)3-11/h7-11,14-16H,3-4H2,1-2H3/t7-,8+,9+,10+/m1/s1. The Morgan fingerprint density at radius 2 is 1.61 bits per heavy atom. The summed E-state index contributed by atoms with van der Waals surface area (Å²) in [5.74, 6) is -1.46. The molecule has 0 spiro atoms. The molecule has 0 heterocycles. The van der Waals surface area contributed by atoms with Crippen molar-refractivity contribution in [3.8, 4) is 0 Å². The predicted octanol–water partition coefficient (Wildman–Crippen LogP) is -2.44. The molecule has 0 saturated carbocycles.